The summed E-state index contributed by atoms with van der Waals surface area (Å²) in [6.45, 7) is 6.67. The Kier molecular flexibility index (Phi) is 5.64. The Hall–Kier alpha value is -2.00. The minimum atomic E-state index is 0.705. The minimum absolute atomic E-state index is 0.705. The summed E-state index contributed by atoms with van der Waals surface area (Å²) in [5, 5.41) is 0. The van der Waals surface area contributed by atoms with Crippen LogP contribution in [-0.2, 0) is 6.42 Å². The van der Waals surface area contributed by atoms with Crippen LogP contribution < -0.4 is 0 Å². The highest BCUT2D eigenvalue weighted by Crippen LogP contribution is 2.21. The van der Waals surface area contributed by atoms with Crippen molar-refractivity contribution in [2.24, 2.45) is 5.92 Å². The van der Waals surface area contributed by atoms with E-state index in [1.165, 1.54) is 16.7 Å². The van der Waals surface area contributed by atoms with Crippen LogP contribution in [0.15, 0.2) is 48.5 Å². The van der Waals surface area contributed by atoms with Crippen LogP contribution in [0.2, 0.25) is 0 Å². The lowest BCUT2D eigenvalue weighted by Gasteiger charge is -2.07. The molecule has 0 aliphatic rings. The summed E-state index contributed by atoms with van der Waals surface area (Å²) in [6.07, 6.45) is 3.24. The van der Waals surface area contributed by atoms with Gasteiger partial charge in [-0.15, -0.1) is 0 Å². The monoisotopic (exact) mass is 276 g/mol. The molecule has 0 aromatic heterocycles. The number of unbranched alkanes of at least 4 members (excludes halogenated alkanes) is 1. The maximum Gasteiger partial charge on any atom is 0.0245 e. The van der Waals surface area contributed by atoms with Gasteiger partial charge in [-0.25, -0.2) is 0 Å². The first kappa shape index (κ1) is 15.4. The Morgan fingerprint density at radius 1 is 0.857 bits per heavy atom. The van der Waals surface area contributed by atoms with Gasteiger partial charge in [0, 0.05) is 12.0 Å². The molecule has 0 heterocycles. The fourth-order valence-corrected chi connectivity index (χ4v) is 2.34. The highest BCUT2D eigenvalue weighted by molar-refractivity contribution is 5.64. The molecule has 0 heteroatoms. The molecule has 21 heavy (non-hydrogen) atoms. The maximum absolute atomic E-state index is 3.20. The first-order valence-electron chi connectivity index (χ1n) is 7.87. The van der Waals surface area contributed by atoms with Gasteiger partial charge in [0.05, 0.1) is 0 Å². The van der Waals surface area contributed by atoms with Crippen molar-refractivity contribution >= 4 is 0 Å². The van der Waals surface area contributed by atoms with Crippen molar-refractivity contribution in [2.45, 2.75) is 40.0 Å². The summed E-state index contributed by atoms with van der Waals surface area (Å²) in [6, 6.07) is 17.5. The normalized spacial score (nSPS) is 10.3. The van der Waals surface area contributed by atoms with Crippen molar-refractivity contribution in [2.75, 3.05) is 0 Å². The molecule has 2 aromatic rings. The van der Waals surface area contributed by atoms with E-state index in [1.807, 2.05) is 0 Å². The van der Waals surface area contributed by atoms with Crippen molar-refractivity contribution in [1.82, 2.24) is 0 Å². The first-order chi connectivity index (χ1) is 10.2. The molecule has 0 atom stereocenters. The quantitative estimate of drug-likeness (QED) is 0.628. The third-order valence-electron chi connectivity index (χ3n) is 3.42. The van der Waals surface area contributed by atoms with E-state index in [4.69, 9.17) is 0 Å². The van der Waals surface area contributed by atoms with Crippen molar-refractivity contribution in [3.8, 4) is 23.0 Å². The third-order valence-corrected chi connectivity index (χ3v) is 3.42. The standard InChI is InChI=1S/C21H24/c1-4-5-6-7-18-8-12-20(13-9-18)21-14-10-19(11-15-21)16-17(2)3/h8-15,17H,4-5,16H2,1-3H3. The van der Waals surface area contributed by atoms with E-state index in [9.17, 15) is 0 Å². The Balaban J connectivity index is 2.10. The van der Waals surface area contributed by atoms with Gasteiger partial charge in [0.1, 0.15) is 0 Å². The average molecular weight is 276 g/mol. The lowest BCUT2D eigenvalue weighted by Crippen LogP contribution is -1.93. The van der Waals surface area contributed by atoms with E-state index in [2.05, 4.69) is 81.1 Å². The zero-order valence-electron chi connectivity index (χ0n) is 13.3. The van der Waals surface area contributed by atoms with Gasteiger partial charge in [-0.05, 0) is 47.6 Å². The lowest BCUT2D eigenvalue weighted by atomic mass is 9.99. The van der Waals surface area contributed by atoms with Crippen molar-refractivity contribution in [3.63, 3.8) is 0 Å². The first-order valence-corrected chi connectivity index (χ1v) is 7.87. The van der Waals surface area contributed by atoms with Crippen LogP contribution in [0.3, 0.4) is 0 Å². The summed E-state index contributed by atoms with van der Waals surface area (Å²) in [7, 11) is 0. The van der Waals surface area contributed by atoms with E-state index in [0.717, 1.165) is 24.8 Å². The summed E-state index contributed by atoms with van der Waals surface area (Å²) in [4.78, 5) is 0. The van der Waals surface area contributed by atoms with Crippen LogP contribution >= 0.6 is 0 Å². The predicted molar refractivity (Wildman–Crippen MR) is 92.2 cm³/mol. The molecule has 2 aromatic carbocycles. The Morgan fingerprint density at radius 2 is 1.43 bits per heavy atom. The molecule has 0 aliphatic carbocycles. The van der Waals surface area contributed by atoms with Gasteiger partial charge in [-0.1, -0.05) is 69.0 Å². The van der Waals surface area contributed by atoms with Crippen LogP contribution in [0.25, 0.3) is 11.1 Å². The second kappa shape index (κ2) is 7.70. The Labute approximate surface area is 129 Å². The summed E-state index contributed by atoms with van der Waals surface area (Å²) in [5.41, 5.74) is 5.04. The van der Waals surface area contributed by atoms with Crippen molar-refractivity contribution in [3.05, 3.63) is 59.7 Å². The molecule has 2 rings (SSSR count). The summed E-state index contributed by atoms with van der Waals surface area (Å²) < 4.78 is 0. The molecule has 0 amide bonds. The fourth-order valence-electron chi connectivity index (χ4n) is 2.34. The molecule has 0 bridgehead atoms. The van der Waals surface area contributed by atoms with Gasteiger partial charge in [0.15, 0.2) is 0 Å². The van der Waals surface area contributed by atoms with Gasteiger partial charge in [-0.2, -0.15) is 0 Å². The highest BCUT2D eigenvalue weighted by atomic mass is 14.1. The molecule has 0 saturated carbocycles. The molecule has 0 nitrogen and oxygen atoms in total. The molecule has 0 fully saturated rings. The van der Waals surface area contributed by atoms with Gasteiger partial charge in [0.25, 0.3) is 0 Å². The Morgan fingerprint density at radius 3 is 1.95 bits per heavy atom. The topological polar surface area (TPSA) is 0 Å². The zero-order valence-corrected chi connectivity index (χ0v) is 13.3. The SMILES string of the molecule is CCCC#Cc1ccc(-c2ccc(CC(C)C)cc2)cc1. The number of rotatable bonds is 4. The molecule has 0 unspecified atom stereocenters. The molecule has 0 saturated heterocycles. The van der Waals surface area contributed by atoms with Gasteiger partial charge in [0.2, 0.25) is 0 Å². The van der Waals surface area contributed by atoms with E-state index < -0.39 is 0 Å². The van der Waals surface area contributed by atoms with Crippen molar-refractivity contribution < 1.29 is 0 Å². The fraction of sp³-hybridized carbons (Fsp3) is 0.333. The lowest BCUT2D eigenvalue weighted by molar-refractivity contribution is 0.647. The number of hydrogen-bond acceptors (Lipinski definition) is 0. The second-order valence-electron chi connectivity index (χ2n) is 5.92. The molecule has 0 N–H and O–H groups in total. The minimum Gasteiger partial charge on any atom is -0.0979 e. The molecule has 0 spiro atoms. The zero-order chi connectivity index (χ0) is 15.1. The largest absolute Gasteiger partial charge is 0.0979 e. The highest BCUT2D eigenvalue weighted by Gasteiger charge is 2.00. The number of hydrogen-bond donors (Lipinski definition) is 0. The van der Waals surface area contributed by atoms with Gasteiger partial charge in [-0.3, -0.25) is 0 Å². The van der Waals surface area contributed by atoms with Crippen LogP contribution in [0.1, 0.15) is 44.7 Å². The predicted octanol–water partition coefficient (Wildman–Crippen LogP) is 5.70. The van der Waals surface area contributed by atoms with Gasteiger partial charge < -0.3 is 0 Å². The van der Waals surface area contributed by atoms with Gasteiger partial charge >= 0.3 is 0 Å². The molecule has 0 aliphatic heterocycles. The third kappa shape index (κ3) is 4.80. The average Bonchev–Trinajstić information content (AvgIpc) is 2.49. The van der Waals surface area contributed by atoms with E-state index in [-0.39, 0.29) is 0 Å². The van der Waals surface area contributed by atoms with E-state index in [1.54, 1.807) is 0 Å². The molecular formula is C21H24. The maximum atomic E-state index is 3.20. The molecule has 108 valence electrons. The second-order valence-corrected chi connectivity index (χ2v) is 5.92. The van der Waals surface area contributed by atoms with Crippen LogP contribution in [0.5, 0.6) is 0 Å². The van der Waals surface area contributed by atoms with Crippen molar-refractivity contribution in [1.29, 1.82) is 0 Å². The summed E-state index contributed by atoms with van der Waals surface area (Å²) >= 11 is 0. The Bertz CT molecular complexity index is 604. The smallest absolute Gasteiger partial charge is 0.0245 e. The summed E-state index contributed by atoms with van der Waals surface area (Å²) in [5.74, 6) is 7.10. The number of benzene rings is 2. The van der Waals surface area contributed by atoms with E-state index >= 15 is 0 Å². The van der Waals surface area contributed by atoms with E-state index in [0.29, 0.717) is 5.92 Å². The van der Waals surface area contributed by atoms with Crippen LogP contribution in [0, 0.1) is 17.8 Å². The molecule has 0 radical (unpaired) electrons. The van der Waals surface area contributed by atoms with Crippen LogP contribution in [-0.4, -0.2) is 0 Å². The molecular weight excluding hydrogens is 252 g/mol. The van der Waals surface area contributed by atoms with Crippen LogP contribution in [0.4, 0.5) is 0 Å².